The summed E-state index contributed by atoms with van der Waals surface area (Å²) in [6.07, 6.45) is 4.18. The van der Waals surface area contributed by atoms with Crippen molar-refractivity contribution in [1.29, 1.82) is 0 Å². The van der Waals surface area contributed by atoms with Crippen molar-refractivity contribution in [2.45, 2.75) is 13.3 Å². The fourth-order valence-corrected chi connectivity index (χ4v) is 2.17. The molecule has 100 valence electrons. The highest BCUT2D eigenvalue weighted by atomic mass is 35.5. The van der Waals surface area contributed by atoms with Crippen molar-refractivity contribution in [3.63, 3.8) is 0 Å². The lowest BCUT2D eigenvalue weighted by Gasteiger charge is -2.21. The SMILES string of the molecule is CCCN(CCCl)C(=O)c1ccc2nccnc2c1. The van der Waals surface area contributed by atoms with Crippen molar-refractivity contribution < 1.29 is 4.79 Å². The van der Waals surface area contributed by atoms with Crippen molar-refractivity contribution >= 4 is 28.5 Å². The zero-order valence-electron chi connectivity index (χ0n) is 10.8. The predicted molar refractivity (Wildman–Crippen MR) is 76.5 cm³/mol. The summed E-state index contributed by atoms with van der Waals surface area (Å²) in [6, 6.07) is 5.39. The van der Waals surface area contributed by atoms with Gasteiger partial charge in [0, 0.05) is 36.9 Å². The Morgan fingerprint density at radius 1 is 1.21 bits per heavy atom. The third-order valence-corrected chi connectivity index (χ3v) is 3.02. The molecule has 0 aliphatic rings. The maximum atomic E-state index is 12.4. The number of rotatable bonds is 5. The van der Waals surface area contributed by atoms with Crippen LogP contribution in [0.1, 0.15) is 23.7 Å². The van der Waals surface area contributed by atoms with Crippen molar-refractivity contribution in [2.75, 3.05) is 19.0 Å². The Morgan fingerprint density at radius 2 is 1.95 bits per heavy atom. The molecule has 1 heterocycles. The Balaban J connectivity index is 2.29. The van der Waals surface area contributed by atoms with Gasteiger partial charge in [0.05, 0.1) is 11.0 Å². The molecule has 0 fully saturated rings. The smallest absolute Gasteiger partial charge is 0.253 e. The van der Waals surface area contributed by atoms with Gasteiger partial charge in [-0.25, -0.2) is 0 Å². The Bertz CT molecular complexity index is 567. The number of amides is 1. The van der Waals surface area contributed by atoms with Crippen LogP contribution in [0.15, 0.2) is 30.6 Å². The van der Waals surface area contributed by atoms with E-state index in [1.165, 1.54) is 0 Å². The Hall–Kier alpha value is -1.68. The average molecular weight is 278 g/mol. The molecule has 1 aromatic carbocycles. The van der Waals surface area contributed by atoms with Gasteiger partial charge in [0.1, 0.15) is 0 Å². The Kier molecular flexibility index (Phi) is 4.68. The topological polar surface area (TPSA) is 46.1 Å². The summed E-state index contributed by atoms with van der Waals surface area (Å²) in [6.45, 7) is 3.32. The average Bonchev–Trinajstić information content (AvgIpc) is 2.46. The number of hydrogen-bond donors (Lipinski definition) is 0. The maximum absolute atomic E-state index is 12.4. The molecule has 5 heteroatoms. The van der Waals surface area contributed by atoms with Gasteiger partial charge in [0.15, 0.2) is 0 Å². The quantitative estimate of drug-likeness (QED) is 0.790. The van der Waals surface area contributed by atoms with Crippen LogP contribution in [0.3, 0.4) is 0 Å². The summed E-state index contributed by atoms with van der Waals surface area (Å²) in [5.74, 6) is 0.439. The van der Waals surface area contributed by atoms with Crippen LogP contribution in [0.4, 0.5) is 0 Å². The highest BCUT2D eigenvalue weighted by molar-refractivity contribution is 6.18. The lowest BCUT2D eigenvalue weighted by atomic mass is 10.1. The van der Waals surface area contributed by atoms with Gasteiger partial charge in [-0.2, -0.15) is 0 Å². The van der Waals surface area contributed by atoms with Crippen LogP contribution in [-0.4, -0.2) is 39.7 Å². The van der Waals surface area contributed by atoms with Gasteiger partial charge in [-0.15, -0.1) is 11.6 Å². The van der Waals surface area contributed by atoms with Crippen LogP contribution in [0.25, 0.3) is 11.0 Å². The molecule has 1 aromatic heterocycles. The normalized spacial score (nSPS) is 10.6. The molecule has 2 aromatic rings. The minimum atomic E-state index is -0.00458. The lowest BCUT2D eigenvalue weighted by Crippen LogP contribution is -2.33. The van der Waals surface area contributed by atoms with E-state index >= 15 is 0 Å². The van der Waals surface area contributed by atoms with Gasteiger partial charge >= 0.3 is 0 Å². The van der Waals surface area contributed by atoms with E-state index < -0.39 is 0 Å². The van der Waals surface area contributed by atoms with E-state index in [1.54, 1.807) is 29.4 Å². The molecule has 19 heavy (non-hydrogen) atoms. The fourth-order valence-electron chi connectivity index (χ4n) is 1.97. The van der Waals surface area contributed by atoms with E-state index in [2.05, 4.69) is 9.97 Å². The maximum Gasteiger partial charge on any atom is 0.253 e. The number of nitrogens with zero attached hydrogens (tertiary/aromatic N) is 3. The number of fused-ring (bicyclic) bond motifs is 1. The first-order valence-electron chi connectivity index (χ1n) is 6.32. The molecule has 0 bridgehead atoms. The summed E-state index contributed by atoms with van der Waals surface area (Å²) in [5.41, 5.74) is 2.15. The van der Waals surface area contributed by atoms with Crippen molar-refractivity contribution in [3.05, 3.63) is 36.2 Å². The number of hydrogen-bond acceptors (Lipinski definition) is 3. The monoisotopic (exact) mass is 277 g/mol. The van der Waals surface area contributed by atoms with E-state index in [0.717, 1.165) is 17.5 Å². The van der Waals surface area contributed by atoms with Gasteiger partial charge in [0.2, 0.25) is 0 Å². The van der Waals surface area contributed by atoms with Crippen LogP contribution in [0.5, 0.6) is 0 Å². The molecular formula is C14H16ClN3O. The molecule has 0 aliphatic carbocycles. The second-order valence-electron chi connectivity index (χ2n) is 4.24. The molecule has 0 unspecified atom stereocenters. The summed E-state index contributed by atoms with van der Waals surface area (Å²) in [7, 11) is 0. The molecule has 4 nitrogen and oxygen atoms in total. The molecule has 0 aliphatic heterocycles. The first kappa shape index (κ1) is 13.7. The number of carbonyl (C=O) groups is 1. The first-order valence-corrected chi connectivity index (χ1v) is 6.85. The molecule has 1 amide bonds. The molecule has 2 rings (SSSR count). The minimum Gasteiger partial charge on any atom is -0.337 e. The second kappa shape index (κ2) is 6.48. The van der Waals surface area contributed by atoms with Crippen LogP contribution in [0, 0.1) is 0 Å². The lowest BCUT2D eigenvalue weighted by molar-refractivity contribution is 0.0765. The van der Waals surface area contributed by atoms with E-state index in [-0.39, 0.29) is 5.91 Å². The van der Waals surface area contributed by atoms with E-state index in [4.69, 9.17) is 11.6 Å². The minimum absolute atomic E-state index is 0.00458. The van der Waals surface area contributed by atoms with Gasteiger partial charge in [-0.3, -0.25) is 14.8 Å². The van der Waals surface area contributed by atoms with Crippen LogP contribution in [-0.2, 0) is 0 Å². The van der Waals surface area contributed by atoms with Crippen molar-refractivity contribution in [3.8, 4) is 0 Å². The number of alkyl halides is 1. The molecule has 0 saturated carbocycles. The summed E-state index contributed by atoms with van der Waals surface area (Å²) in [5, 5.41) is 0. The largest absolute Gasteiger partial charge is 0.337 e. The molecule has 0 N–H and O–H groups in total. The van der Waals surface area contributed by atoms with E-state index in [9.17, 15) is 4.79 Å². The summed E-state index contributed by atoms with van der Waals surface area (Å²) < 4.78 is 0. The van der Waals surface area contributed by atoms with E-state index in [1.807, 2.05) is 13.0 Å². The van der Waals surface area contributed by atoms with Gasteiger partial charge in [-0.1, -0.05) is 6.92 Å². The fraction of sp³-hybridized carbons (Fsp3) is 0.357. The molecule has 0 spiro atoms. The van der Waals surface area contributed by atoms with Crippen molar-refractivity contribution in [1.82, 2.24) is 14.9 Å². The second-order valence-corrected chi connectivity index (χ2v) is 4.62. The zero-order valence-corrected chi connectivity index (χ0v) is 11.6. The molecule has 0 saturated heterocycles. The molecular weight excluding hydrogens is 262 g/mol. The highest BCUT2D eigenvalue weighted by Crippen LogP contribution is 2.13. The Labute approximate surface area is 117 Å². The van der Waals surface area contributed by atoms with Crippen LogP contribution >= 0.6 is 11.6 Å². The van der Waals surface area contributed by atoms with Crippen LogP contribution in [0.2, 0.25) is 0 Å². The number of halogens is 1. The van der Waals surface area contributed by atoms with Gasteiger partial charge < -0.3 is 4.90 Å². The predicted octanol–water partition coefficient (Wildman–Crippen LogP) is 2.72. The summed E-state index contributed by atoms with van der Waals surface area (Å²) in [4.78, 5) is 22.6. The highest BCUT2D eigenvalue weighted by Gasteiger charge is 2.15. The standard InChI is InChI=1S/C14H16ClN3O/c1-2-8-18(9-5-15)14(19)11-3-4-12-13(10-11)17-7-6-16-12/h3-4,6-7,10H,2,5,8-9H2,1H3. The molecule has 0 atom stereocenters. The van der Waals surface area contributed by atoms with Crippen LogP contribution < -0.4 is 0 Å². The Morgan fingerprint density at radius 3 is 2.63 bits per heavy atom. The first-order chi connectivity index (χ1) is 9.26. The zero-order chi connectivity index (χ0) is 13.7. The van der Waals surface area contributed by atoms with Gasteiger partial charge in [-0.05, 0) is 24.6 Å². The number of carbonyl (C=O) groups excluding carboxylic acids is 1. The van der Waals surface area contributed by atoms with E-state index in [0.29, 0.717) is 24.5 Å². The van der Waals surface area contributed by atoms with Gasteiger partial charge in [0.25, 0.3) is 5.91 Å². The number of aromatic nitrogens is 2. The third kappa shape index (κ3) is 3.20. The summed E-state index contributed by atoms with van der Waals surface area (Å²) >= 11 is 5.74. The molecule has 0 radical (unpaired) electrons. The third-order valence-electron chi connectivity index (χ3n) is 2.85. The number of benzene rings is 1. The van der Waals surface area contributed by atoms with Crippen molar-refractivity contribution in [2.24, 2.45) is 0 Å².